The number of hydrogen-bond acceptors (Lipinski definition) is 3. The number of aromatic nitrogens is 1. The van der Waals surface area contributed by atoms with Crippen LogP contribution in [0.15, 0.2) is 42.6 Å². The lowest BCUT2D eigenvalue weighted by Gasteiger charge is -2.12. The van der Waals surface area contributed by atoms with Crippen LogP contribution in [0.5, 0.6) is 0 Å². The largest absolute Gasteiger partial charge is 0.384 e. The van der Waals surface area contributed by atoms with E-state index >= 15 is 0 Å². The van der Waals surface area contributed by atoms with Crippen molar-refractivity contribution in [3.8, 4) is 0 Å². The van der Waals surface area contributed by atoms with Gasteiger partial charge in [-0.25, -0.2) is 0 Å². The molecule has 0 aliphatic carbocycles. The number of aryl methyl sites for hydroxylation is 1. The van der Waals surface area contributed by atoms with Crippen LogP contribution >= 0.6 is 0 Å². The van der Waals surface area contributed by atoms with E-state index in [1.165, 1.54) is 11.1 Å². The second kappa shape index (κ2) is 6.90. The number of pyridine rings is 1. The van der Waals surface area contributed by atoms with Gasteiger partial charge >= 0.3 is 0 Å². The minimum atomic E-state index is 0.737. The molecule has 0 aliphatic rings. The van der Waals surface area contributed by atoms with Gasteiger partial charge in [-0.3, -0.25) is 4.98 Å². The predicted molar refractivity (Wildman–Crippen MR) is 78.3 cm³/mol. The zero-order valence-electron chi connectivity index (χ0n) is 11.5. The highest BCUT2D eigenvalue weighted by Gasteiger charge is 2.03. The fourth-order valence-corrected chi connectivity index (χ4v) is 2.01. The molecule has 2 aromatic rings. The average Bonchev–Trinajstić information content (AvgIpc) is 2.45. The van der Waals surface area contributed by atoms with Crippen LogP contribution < -0.4 is 5.32 Å². The first-order chi connectivity index (χ1) is 9.31. The number of hydrogen-bond donors (Lipinski definition) is 1. The standard InChI is InChI=1S/C16H20N2O/c1-13-6-5-10-17-16(13)12-18-15-8-4-3-7-14(15)9-11-19-2/h3-8,10,18H,9,11-12H2,1-2H3. The topological polar surface area (TPSA) is 34.1 Å². The third-order valence-corrected chi connectivity index (χ3v) is 3.16. The fraction of sp³-hybridized carbons (Fsp3) is 0.312. The summed E-state index contributed by atoms with van der Waals surface area (Å²) in [5.74, 6) is 0. The van der Waals surface area contributed by atoms with Crippen LogP contribution in [0.25, 0.3) is 0 Å². The van der Waals surface area contributed by atoms with Crippen molar-refractivity contribution in [2.45, 2.75) is 19.9 Å². The first-order valence-electron chi connectivity index (χ1n) is 6.52. The monoisotopic (exact) mass is 256 g/mol. The molecule has 3 nitrogen and oxygen atoms in total. The molecular weight excluding hydrogens is 236 g/mol. The van der Waals surface area contributed by atoms with Gasteiger partial charge in [0.1, 0.15) is 0 Å². The van der Waals surface area contributed by atoms with E-state index in [9.17, 15) is 0 Å². The van der Waals surface area contributed by atoms with Gasteiger partial charge in [-0.05, 0) is 36.6 Å². The molecule has 1 aromatic carbocycles. The van der Waals surface area contributed by atoms with E-state index < -0.39 is 0 Å². The van der Waals surface area contributed by atoms with E-state index in [1.54, 1.807) is 7.11 Å². The zero-order chi connectivity index (χ0) is 13.5. The summed E-state index contributed by atoms with van der Waals surface area (Å²) in [7, 11) is 1.73. The minimum Gasteiger partial charge on any atom is -0.384 e. The number of methoxy groups -OCH3 is 1. The molecule has 3 heteroatoms. The maximum atomic E-state index is 5.14. The Morgan fingerprint density at radius 2 is 2.00 bits per heavy atom. The van der Waals surface area contributed by atoms with Gasteiger partial charge in [0.25, 0.3) is 0 Å². The Kier molecular flexibility index (Phi) is 4.93. The van der Waals surface area contributed by atoms with Gasteiger partial charge < -0.3 is 10.1 Å². The van der Waals surface area contributed by atoms with Gasteiger partial charge in [-0.15, -0.1) is 0 Å². The first kappa shape index (κ1) is 13.6. The number of anilines is 1. The van der Waals surface area contributed by atoms with Crippen molar-refractivity contribution in [3.05, 3.63) is 59.4 Å². The third kappa shape index (κ3) is 3.80. The summed E-state index contributed by atoms with van der Waals surface area (Å²) in [6.07, 6.45) is 2.75. The van der Waals surface area contributed by atoms with Crippen LogP contribution in [-0.4, -0.2) is 18.7 Å². The Bertz CT molecular complexity index is 526. The normalized spacial score (nSPS) is 10.4. The highest BCUT2D eigenvalue weighted by atomic mass is 16.5. The summed E-state index contributed by atoms with van der Waals surface area (Å²) in [4.78, 5) is 4.40. The zero-order valence-corrected chi connectivity index (χ0v) is 11.5. The van der Waals surface area contributed by atoms with E-state index in [0.29, 0.717) is 0 Å². The van der Waals surface area contributed by atoms with E-state index in [1.807, 2.05) is 18.3 Å². The summed E-state index contributed by atoms with van der Waals surface area (Å²) in [5, 5.41) is 3.46. The molecule has 1 N–H and O–H groups in total. The van der Waals surface area contributed by atoms with E-state index in [0.717, 1.165) is 31.0 Å². The van der Waals surface area contributed by atoms with Crippen molar-refractivity contribution in [3.63, 3.8) is 0 Å². The van der Waals surface area contributed by atoms with Gasteiger partial charge in [0.15, 0.2) is 0 Å². The number of ether oxygens (including phenoxy) is 1. The highest BCUT2D eigenvalue weighted by Crippen LogP contribution is 2.17. The van der Waals surface area contributed by atoms with Crippen molar-refractivity contribution in [1.82, 2.24) is 4.98 Å². The summed E-state index contributed by atoms with van der Waals surface area (Å²) >= 11 is 0. The van der Waals surface area contributed by atoms with Crippen molar-refractivity contribution < 1.29 is 4.74 Å². The van der Waals surface area contributed by atoms with Gasteiger partial charge in [-0.2, -0.15) is 0 Å². The summed E-state index contributed by atoms with van der Waals surface area (Å²) in [6, 6.07) is 12.4. The van der Waals surface area contributed by atoms with Crippen molar-refractivity contribution in [1.29, 1.82) is 0 Å². The minimum absolute atomic E-state index is 0.737. The Morgan fingerprint density at radius 1 is 1.16 bits per heavy atom. The van der Waals surface area contributed by atoms with Crippen LogP contribution in [0, 0.1) is 6.92 Å². The second-order valence-electron chi connectivity index (χ2n) is 4.52. The molecule has 1 heterocycles. The number of rotatable bonds is 6. The molecule has 1 aromatic heterocycles. The Labute approximate surface area is 114 Å². The lowest BCUT2D eigenvalue weighted by molar-refractivity contribution is 0.202. The molecule has 0 saturated heterocycles. The Balaban J connectivity index is 2.05. The molecule has 100 valence electrons. The quantitative estimate of drug-likeness (QED) is 0.862. The van der Waals surface area contributed by atoms with E-state index in [2.05, 4.69) is 41.5 Å². The summed E-state index contributed by atoms with van der Waals surface area (Å²) < 4.78 is 5.14. The maximum Gasteiger partial charge on any atom is 0.0623 e. The second-order valence-corrected chi connectivity index (χ2v) is 4.52. The van der Waals surface area contributed by atoms with Gasteiger partial charge in [0.2, 0.25) is 0 Å². The van der Waals surface area contributed by atoms with Crippen LogP contribution in [0.2, 0.25) is 0 Å². The number of benzene rings is 1. The molecule has 0 aliphatic heterocycles. The molecule has 0 bridgehead atoms. The van der Waals surface area contributed by atoms with Gasteiger partial charge in [-0.1, -0.05) is 24.3 Å². The van der Waals surface area contributed by atoms with E-state index in [4.69, 9.17) is 4.74 Å². The molecule has 0 saturated carbocycles. The van der Waals surface area contributed by atoms with Crippen LogP contribution in [0.1, 0.15) is 16.8 Å². The molecule has 0 radical (unpaired) electrons. The first-order valence-corrected chi connectivity index (χ1v) is 6.52. The van der Waals surface area contributed by atoms with Gasteiger partial charge in [0, 0.05) is 19.0 Å². The molecular formula is C16H20N2O. The SMILES string of the molecule is COCCc1ccccc1NCc1ncccc1C. The van der Waals surface area contributed by atoms with Crippen LogP contribution in [-0.2, 0) is 17.7 Å². The van der Waals surface area contributed by atoms with Crippen LogP contribution in [0.4, 0.5) is 5.69 Å². The van der Waals surface area contributed by atoms with Crippen molar-refractivity contribution in [2.75, 3.05) is 19.0 Å². The average molecular weight is 256 g/mol. The lowest BCUT2D eigenvalue weighted by Crippen LogP contribution is -2.06. The molecule has 0 atom stereocenters. The molecule has 0 fully saturated rings. The Morgan fingerprint density at radius 3 is 2.79 bits per heavy atom. The Hall–Kier alpha value is -1.87. The number of nitrogens with one attached hydrogen (secondary N) is 1. The molecule has 2 rings (SSSR count). The molecule has 19 heavy (non-hydrogen) atoms. The highest BCUT2D eigenvalue weighted by molar-refractivity contribution is 5.51. The molecule has 0 amide bonds. The smallest absolute Gasteiger partial charge is 0.0623 e. The lowest BCUT2D eigenvalue weighted by atomic mass is 10.1. The summed E-state index contributed by atoms with van der Waals surface area (Å²) in [5.41, 5.74) is 4.73. The number of para-hydroxylation sites is 1. The summed E-state index contributed by atoms with van der Waals surface area (Å²) in [6.45, 7) is 3.57. The predicted octanol–water partition coefficient (Wildman–Crippen LogP) is 3.19. The van der Waals surface area contributed by atoms with Crippen LogP contribution in [0.3, 0.4) is 0 Å². The number of nitrogens with zero attached hydrogens (tertiary/aromatic N) is 1. The van der Waals surface area contributed by atoms with Crippen molar-refractivity contribution in [2.24, 2.45) is 0 Å². The van der Waals surface area contributed by atoms with Crippen molar-refractivity contribution >= 4 is 5.69 Å². The third-order valence-electron chi connectivity index (χ3n) is 3.16. The maximum absolute atomic E-state index is 5.14. The molecule has 0 unspecified atom stereocenters. The fourth-order valence-electron chi connectivity index (χ4n) is 2.01. The van der Waals surface area contributed by atoms with E-state index in [-0.39, 0.29) is 0 Å². The molecule has 0 spiro atoms. The van der Waals surface area contributed by atoms with Gasteiger partial charge in [0.05, 0.1) is 18.8 Å².